The molecule has 30 heavy (non-hydrogen) atoms. The van der Waals surface area contributed by atoms with Gasteiger partial charge in [0.05, 0.1) is 30.1 Å². The molecule has 1 saturated heterocycles. The van der Waals surface area contributed by atoms with Gasteiger partial charge >= 0.3 is 6.09 Å². The highest BCUT2D eigenvalue weighted by Gasteiger charge is 2.25. The van der Waals surface area contributed by atoms with Crippen LogP contribution in [0.3, 0.4) is 0 Å². The molecule has 0 unspecified atom stereocenters. The number of anilines is 1. The van der Waals surface area contributed by atoms with Crippen LogP contribution in [0.1, 0.15) is 19.4 Å². The Hall–Kier alpha value is -3.55. The minimum atomic E-state index is -0.478. The average Bonchev–Trinajstić information content (AvgIpc) is 3.26. The van der Waals surface area contributed by atoms with Crippen LogP contribution in [-0.4, -0.2) is 52.5 Å². The molecule has 0 spiro atoms. The third kappa shape index (κ3) is 4.22. The Kier molecular flexibility index (Phi) is 5.56. The van der Waals surface area contributed by atoms with Crippen LogP contribution in [0, 0.1) is 0 Å². The molecule has 0 aliphatic carbocycles. The lowest BCUT2D eigenvalue weighted by molar-refractivity contribution is -0.116. The predicted molar refractivity (Wildman–Crippen MR) is 113 cm³/mol. The maximum absolute atomic E-state index is 12.6. The molecule has 1 aromatic heterocycles. The van der Waals surface area contributed by atoms with E-state index in [1.807, 2.05) is 67.1 Å². The van der Waals surface area contributed by atoms with E-state index in [0.717, 1.165) is 16.5 Å². The van der Waals surface area contributed by atoms with Gasteiger partial charge in [-0.1, -0.05) is 36.4 Å². The first-order chi connectivity index (χ1) is 14.5. The highest BCUT2D eigenvalue weighted by atomic mass is 16.6. The zero-order valence-electron chi connectivity index (χ0n) is 17.0. The summed E-state index contributed by atoms with van der Waals surface area (Å²) < 4.78 is 12.7. The van der Waals surface area contributed by atoms with Crippen molar-refractivity contribution >= 4 is 28.7 Å². The highest BCUT2D eigenvalue weighted by Crippen LogP contribution is 2.33. The van der Waals surface area contributed by atoms with E-state index in [2.05, 4.69) is 10.4 Å². The van der Waals surface area contributed by atoms with Gasteiger partial charge in [-0.05, 0) is 31.5 Å². The standard InChI is InChI=1S/C22H24N4O4/c1-15(2)30-18-10-6-9-17-20(18)21(23-19(27)14-25-11-12-29-22(25)28)24-26(17)13-16-7-4-3-5-8-16/h3-10,15H,11-14H2,1-2H3,(H,23,24,27). The molecule has 8 nitrogen and oxygen atoms in total. The molecule has 1 aliphatic rings. The summed E-state index contributed by atoms with van der Waals surface area (Å²) in [6.45, 7) is 5.06. The van der Waals surface area contributed by atoms with E-state index in [-0.39, 0.29) is 18.6 Å². The van der Waals surface area contributed by atoms with E-state index in [1.165, 1.54) is 4.90 Å². The van der Waals surface area contributed by atoms with Crippen molar-refractivity contribution in [3.8, 4) is 5.75 Å². The fourth-order valence-corrected chi connectivity index (χ4v) is 3.43. The molecule has 8 heteroatoms. The van der Waals surface area contributed by atoms with Crippen LogP contribution in [0.15, 0.2) is 48.5 Å². The number of nitrogens with one attached hydrogen (secondary N) is 1. The fourth-order valence-electron chi connectivity index (χ4n) is 3.43. The molecule has 2 amide bonds. The van der Waals surface area contributed by atoms with Gasteiger partial charge in [0, 0.05) is 0 Å². The van der Waals surface area contributed by atoms with Gasteiger partial charge in [-0.25, -0.2) is 4.79 Å². The number of fused-ring (bicyclic) bond motifs is 1. The number of carbonyl (C=O) groups is 2. The van der Waals surface area contributed by atoms with Crippen LogP contribution in [0.25, 0.3) is 10.9 Å². The lowest BCUT2D eigenvalue weighted by atomic mass is 10.2. The first-order valence-electron chi connectivity index (χ1n) is 9.93. The number of amides is 2. The second kappa shape index (κ2) is 8.44. The predicted octanol–water partition coefficient (Wildman–Crippen LogP) is 3.26. The molecule has 1 N–H and O–H groups in total. The maximum atomic E-state index is 12.6. The molecular formula is C22H24N4O4. The zero-order valence-corrected chi connectivity index (χ0v) is 17.0. The third-order valence-electron chi connectivity index (χ3n) is 4.71. The van der Waals surface area contributed by atoms with Crippen LogP contribution >= 0.6 is 0 Å². The quantitative estimate of drug-likeness (QED) is 0.649. The van der Waals surface area contributed by atoms with Crippen molar-refractivity contribution in [2.24, 2.45) is 0 Å². The SMILES string of the molecule is CC(C)Oc1cccc2c1c(NC(=O)CN1CCOC1=O)nn2Cc1ccccc1. The Labute approximate surface area is 174 Å². The number of aromatic nitrogens is 2. The molecular weight excluding hydrogens is 384 g/mol. The highest BCUT2D eigenvalue weighted by molar-refractivity contribution is 6.03. The molecule has 2 heterocycles. The average molecular weight is 408 g/mol. The van der Waals surface area contributed by atoms with E-state index < -0.39 is 6.09 Å². The molecule has 1 aliphatic heterocycles. The lowest BCUT2D eigenvalue weighted by Crippen LogP contribution is -2.33. The van der Waals surface area contributed by atoms with Crippen molar-refractivity contribution in [1.82, 2.24) is 14.7 Å². The number of cyclic esters (lactones) is 1. The smallest absolute Gasteiger partial charge is 0.410 e. The first-order valence-corrected chi connectivity index (χ1v) is 9.93. The number of benzene rings is 2. The van der Waals surface area contributed by atoms with Crippen molar-refractivity contribution in [2.75, 3.05) is 25.0 Å². The zero-order chi connectivity index (χ0) is 21.1. The summed E-state index contributed by atoms with van der Waals surface area (Å²) in [5, 5.41) is 8.24. The van der Waals surface area contributed by atoms with Crippen molar-refractivity contribution in [3.05, 3.63) is 54.1 Å². The van der Waals surface area contributed by atoms with Gasteiger partial charge < -0.3 is 14.8 Å². The van der Waals surface area contributed by atoms with Gasteiger partial charge in [0.25, 0.3) is 0 Å². The molecule has 3 aromatic rings. The number of hydrogen-bond acceptors (Lipinski definition) is 5. The van der Waals surface area contributed by atoms with Gasteiger partial charge in [-0.3, -0.25) is 14.4 Å². The van der Waals surface area contributed by atoms with Crippen LogP contribution in [0.2, 0.25) is 0 Å². The molecule has 156 valence electrons. The van der Waals surface area contributed by atoms with Crippen molar-refractivity contribution in [1.29, 1.82) is 0 Å². The number of hydrogen-bond donors (Lipinski definition) is 1. The summed E-state index contributed by atoms with van der Waals surface area (Å²) in [6, 6.07) is 15.7. The van der Waals surface area contributed by atoms with Crippen molar-refractivity contribution in [2.45, 2.75) is 26.5 Å². The van der Waals surface area contributed by atoms with Gasteiger partial charge in [0.2, 0.25) is 5.91 Å². The van der Waals surface area contributed by atoms with E-state index in [4.69, 9.17) is 9.47 Å². The normalized spacial score (nSPS) is 13.7. The molecule has 0 atom stereocenters. The van der Waals surface area contributed by atoms with E-state index >= 15 is 0 Å². The van der Waals surface area contributed by atoms with E-state index in [1.54, 1.807) is 0 Å². The molecule has 2 aromatic carbocycles. The van der Waals surface area contributed by atoms with Crippen molar-refractivity contribution in [3.63, 3.8) is 0 Å². The number of carbonyl (C=O) groups excluding carboxylic acids is 2. The fraction of sp³-hybridized carbons (Fsp3) is 0.318. The van der Waals surface area contributed by atoms with E-state index in [9.17, 15) is 9.59 Å². The Morgan fingerprint density at radius 2 is 2.00 bits per heavy atom. The number of nitrogens with zero attached hydrogens (tertiary/aromatic N) is 3. The molecule has 0 radical (unpaired) electrons. The summed E-state index contributed by atoms with van der Waals surface area (Å²) in [5.41, 5.74) is 1.95. The second-order valence-corrected chi connectivity index (χ2v) is 7.39. The monoisotopic (exact) mass is 408 g/mol. The molecule has 1 fully saturated rings. The topological polar surface area (TPSA) is 85.7 Å². The Morgan fingerprint density at radius 3 is 2.70 bits per heavy atom. The maximum Gasteiger partial charge on any atom is 0.410 e. The van der Waals surface area contributed by atoms with Crippen LogP contribution < -0.4 is 10.1 Å². The summed E-state index contributed by atoms with van der Waals surface area (Å²) in [6.07, 6.45) is -0.510. The van der Waals surface area contributed by atoms with Gasteiger partial charge in [0.15, 0.2) is 5.82 Å². The minimum absolute atomic E-state index is 0.0315. The van der Waals surface area contributed by atoms with E-state index in [0.29, 0.717) is 31.3 Å². The first kappa shape index (κ1) is 19.8. The Bertz CT molecular complexity index is 1060. The molecule has 0 bridgehead atoms. The number of rotatable bonds is 7. The minimum Gasteiger partial charge on any atom is -0.490 e. The molecule has 4 rings (SSSR count). The van der Waals surface area contributed by atoms with Gasteiger partial charge in [-0.2, -0.15) is 5.10 Å². The van der Waals surface area contributed by atoms with Gasteiger partial charge in [-0.15, -0.1) is 0 Å². The second-order valence-electron chi connectivity index (χ2n) is 7.39. The summed E-state index contributed by atoms with van der Waals surface area (Å²) in [4.78, 5) is 25.6. The largest absolute Gasteiger partial charge is 0.490 e. The third-order valence-corrected chi connectivity index (χ3v) is 4.71. The summed E-state index contributed by atoms with van der Waals surface area (Å²) in [5.74, 6) is 0.729. The Morgan fingerprint density at radius 1 is 1.20 bits per heavy atom. The van der Waals surface area contributed by atoms with Crippen LogP contribution in [-0.2, 0) is 16.1 Å². The summed E-state index contributed by atoms with van der Waals surface area (Å²) >= 11 is 0. The van der Waals surface area contributed by atoms with Crippen LogP contribution in [0.5, 0.6) is 5.75 Å². The Balaban J connectivity index is 1.67. The lowest BCUT2D eigenvalue weighted by Gasteiger charge is -2.13. The van der Waals surface area contributed by atoms with Crippen molar-refractivity contribution < 1.29 is 19.1 Å². The van der Waals surface area contributed by atoms with Crippen LogP contribution in [0.4, 0.5) is 10.6 Å². The van der Waals surface area contributed by atoms with Gasteiger partial charge in [0.1, 0.15) is 18.9 Å². The molecule has 0 saturated carbocycles. The number of ether oxygens (including phenoxy) is 2. The summed E-state index contributed by atoms with van der Waals surface area (Å²) in [7, 11) is 0.